The van der Waals surface area contributed by atoms with Crippen molar-refractivity contribution in [3.63, 3.8) is 0 Å². The van der Waals surface area contributed by atoms with Crippen LogP contribution in [-0.4, -0.2) is 5.11 Å². The molecule has 0 radical (unpaired) electrons. The Morgan fingerprint density at radius 3 is 2.29 bits per heavy atom. The molecule has 0 fully saturated rings. The molecule has 80 valence electrons. The Labute approximate surface area is 87.8 Å². The van der Waals surface area contributed by atoms with Gasteiger partial charge in [-0.3, -0.25) is 0 Å². The normalized spacial score (nSPS) is 10.6. The molecule has 0 saturated carbocycles. The maximum Gasteiger partial charge on any atom is 0.108 e. The van der Waals surface area contributed by atoms with Gasteiger partial charge in [-0.05, 0) is 18.9 Å². The van der Waals surface area contributed by atoms with Crippen molar-refractivity contribution in [2.24, 2.45) is 0 Å². The lowest BCUT2D eigenvalue weighted by Gasteiger charge is -2.00. The van der Waals surface area contributed by atoms with Crippen LogP contribution in [0.1, 0.15) is 45.4 Å². The standard InChI is InChI=1S/C13H22O/c1-4-5-6-7-8-9-12(2)10-11-13(3)14/h10-11,14H,2-9H2,1H3/b11-10-. The maximum absolute atomic E-state index is 8.82. The molecule has 1 nitrogen and oxygen atoms in total. The summed E-state index contributed by atoms with van der Waals surface area (Å²) in [6, 6.07) is 0. The zero-order chi connectivity index (χ0) is 10.8. The molecule has 0 aromatic rings. The summed E-state index contributed by atoms with van der Waals surface area (Å²) in [5.41, 5.74) is 1.07. The summed E-state index contributed by atoms with van der Waals surface area (Å²) < 4.78 is 0. The van der Waals surface area contributed by atoms with Crippen molar-refractivity contribution >= 4 is 0 Å². The molecule has 0 aromatic heterocycles. The summed E-state index contributed by atoms with van der Waals surface area (Å²) in [4.78, 5) is 0. The number of aliphatic hydroxyl groups is 1. The van der Waals surface area contributed by atoms with Crippen LogP contribution in [0.4, 0.5) is 0 Å². The van der Waals surface area contributed by atoms with E-state index in [2.05, 4.69) is 20.1 Å². The van der Waals surface area contributed by atoms with E-state index in [0.29, 0.717) is 0 Å². The fourth-order valence-corrected chi connectivity index (χ4v) is 1.25. The predicted octanol–water partition coefficient (Wildman–Crippen LogP) is 4.53. The zero-order valence-corrected chi connectivity index (χ0v) is 9.26. The fraction of sp³-hybridized carbons (Fsp3) is 0.538. The second-order valence-electron chi connectivity index (χ2n) is 3.65. The summed E-state index contributed by atoms with van der Waals surface area (Å²) in [6.07, 6.45) is 10.9. The Bertz CT molecular complexity index is 201. The molecule has 0 saturated heterocycles. The van der Waals surface area contributed by atoms with Crippen LogP contribution in [0.25, 0.3) is 0 Å². The highest BCUT2D eigenvalue weighted by Gasteiger charge is 1.91. The number of rotatable bonds is 8. The van der Waals surface area contributed by atoms with Gasteiger partial charge in [-0.25, -0.2) is 0 Å². The lowest BCUT2D eigenvalue weighted by molar-refractivity contribution is 0.435. The molecule has 0 rings (SSSR count). The van der Waals surface area contributed by atoms with E-state index in [-0.39, 0.29) is 5.76 Å². The summed E-state index contributed by atoms with van der Waals surface area (Å²) >= 11 is 0. The van der Waals surface area contributed by atoms with E-state index in [0.717, 1.165) is 12.0 Å². The van der Waals surface area contributed by atoms with Crippen LogP contribution in [0.3, 0.4) is 0 Å². The molecule has 0 atom stereocenters. The van der Waals surface area contributed by atoms with E-state index in [1.54, 1.807) is 6.08 Å². The number of hydrogen-bond donors (Lipinski definition) is 1. The van der Waals surface area contributed by atoms with Gasteiger partial charge in [0.15, 0.2) is 0 Å². The highest BCUT2D eigenvalue weighted by molar-refractivity contribution is 5.20. The molecule has 1 heteroatoms. The van der Waals surface area contributed by atoms with Gasteiger partial charge in [0.05, 0.1) is 0 Å². The van der Waals surface area contributed by atoms with Crippen LogP contribution in [0.15, 0.2) is 36.6 Å². The van der Waals surface area contributed by atoms with Crippen LogP contribution in [0, 0.1) is 0 Å². The van der Waals surface area contributed by atoms with Gasteiger partial charge in [0.1, 0.15) is 5.76 Å². The largest absolute Gasteiger partial charge is 0.509 e. The van der Waals surface area contributed by atoms with Gasteiger partial charge in [0.2, 0.25) is 0 Å². The minimum absolute atomic E-state index is 0.0946. The number of hydrogen-bond acceptors (Lipinski definition) is 1. The molecular formula is C13H22O. The SMILES string of the molecule is C=C(O)/C=C\C(=C)CCCCCCC. The minimum Gasteiger partial charge on any atom is -0.509 e. The topological polar surface area (TPSA) is 20.2 Å². The van der Waals surface area contributed by atoms with Crippen molar-refractivity contribution in [3.05, 3.63) is 36.6 Å². The average molecular weight is 194 g/mol. The van der Waals surface area contributed by atoms with Gasteiger partial charge in [-0.2, -0.15) is 0 Å². The Morgan fingerprint density at radius 1 is 1.07 bits per heavy atom. The van der Waals surface area contributed by atoms with Crippen molar-refractivity contribution in [3.8, 4) is 0 Å². The number of aliphatic hydroxyl groups excluding tert-OH is 1. The quantitative estimate of drug-likeness (QED) is 0.342. The molecule has 0 bridgehead atoms. The first-order chi connectivity index (χ1) is 6.66. The molecule has 0 amide bonds. The van der Waals surface area contributed by atoms with E-state index in [9.17, 15) is 0 Å². The van der Waals surface area contributed by atoms with Crippen LogP contribution in [0.2, 0.25) is 0 Å². The first-order valence-corrected chi connectivity index (χ1v) is 5.40. The molecule has 14 heavy (non-hydrogen) atoms. The van der Waals surface area contributed by atoms with Crippen molar-refractivity contribution < 1.29 is 5.11 Å². The van der Waals surface area contributed by atoms with Crippen LogP contribution in [-0.2, 0) is 0 Å². The second-order valence-corrected chi connectivity index (χ2v) is 3.65. The Hall–Kier alpha value is -0.980. The molecule has 0 heterocycles. The van der Waals surface area contributed by atoms with E-state index < -0.39 is 0 Å². The third-order valence-electron chi connectivity index (χ3n) is 2.11. The smallest absolute Gasteiger partial charge is 0.108 e. The monoisotopic (exact) mass is 194 g/mol. The van der Waals surface area contributed by atoms with Crippen molar-refractivity contribution in [1.82, 2.24) is 0 Å². The lowest BCUT2D eigenvalue weighted by Crippen LogP contribution is -1.81. The Kier molecular flexibility index (Phi) is 8.01. The van der Waals surface area contributed by atoms with E-state index in [4.69, 9.17) is 5.11 Å². The van der Waals surface area contributed by atoms with Crippen molar-refractivity contribution in [1.29, 1.82) is 0 Å². The molecule has 0 aliphatic rings. The number of allylic oxidation sites excluding steroid dienone is 3. The highest BCUT2D eigenvalue weighted by atomic mass is 16.3. The van der Waals surface area contributed by atoms with Crippen molar-refractivity contribution in [2.45, 2.75) is 45.4 Å². The molecule has 0 spiro atoms. The summed E-state index contributed by atoms with van der Waals surface area (Å²) in [5.74, 6) is 0.0946. The van der Waals surface area contributed by atoms with Gasteiger partial charge in [0, 0.05) is 0 Å². The molecular weight excluding hydrogens is 172 g/mol. The highest BCUT2D eigenvalue weighted by Crippen LogP contribution is 2.10. The average Bonchev–Trinajstić information content (AvgIpc) is 2.14. The van der Waals surface area contributed by atoms with Crippen molar-refractivity contribution in [2.75, 3.05) is 0 Å². The van der Waals surface area contributed by atoms with E-state index in [1.807, 2.05) is 6.08 Å². The molecule has 0 unspecified atom stereocenters. The summed E-state index contributed by atoms with van der Waals surface area (Å²) in [7, 11) is 0. The molecule has 1 N–H and O–H groups in total. The summed E-state index contributed by atoms with van der Waals surface area (Å²) in [6.45, 7) is 9.50. The summed E-state index contributed by atoms with van der Waals surface area (Å²) in [5, 5.41) is 8.82. The van der Waals surface area contributed by atoms with Crippen LogP contribution < -0.4 is 0 Å². The Morgan fingerprint density at radius 2 is 1.71 bits per heavy atom. The molecule has 0 aliphatic carbocycles. The van der Waals surface area contributed by atoms with Crippen LogP contribution in [0.5, 0.6) is 0 Å². The van der Waals surface area contributed by atoms with Crippen LogP contribution >= 0.6 is 0 Å². The van der Waals surface area contributed by atoms with Gasteiger partial charge in [-0.1, -0.05) is 57.4 Å². The van der Waals surface area contributed by atoms with Gasteiger partial charge < -0.3 is 5.11 Å². The fourth-order valence-electron chi connectivity index (χ4n) is 1.25. The van der Waals surface area contributed by atoms with E-state index in [1.165, 1.54) is 32.1 Å². The van der Waals surface area contributed by atoms with Gasteiger partial charge >= 0.3 is 0 Å². The predicted molar refractivity (Wildman–Crippen MR) is 63.4 cm³/mol. The maximum atomic E-state index is 8.82. The molecule has 0 aromatic carbocycles. The lowest BCUT2D eigenvalue weighted by atomic mass is 10.1. The van der Waals surface area contributed by atoms with Gasteiger partial charge in [0.25, 0.3) is 0 Å². The minimum atomic E-state index is 0.0946. The first-order valence-electron chi connectivity index (χ1n) is 5.40. The van der Waals surface area contributed by atoms with E-state index >= 15 is 0 Å². The third kappa shape index (κ3) is 9.11. The van der Waals surface area contributed by atoms with Gasteiger partial charge in [-0.15, -0.1) is 0 Å². The third-order valence-corrected chi connectivity index (χ3v) is 2.11. The second kappa shape index (κ2) is 8.61. The number of unbranched alkanes of at least 4 members (excludes halogenated alkanes) is 4. The molecule has 0 aliphatic heterocycles. The first kappa shape index (κ1) is 13.0. The zero-order valence-electron chi connectivity index (χ0n) is 9.26. The Balaban J connectivity index is 3.40.